The lowest BCUT2D eigenvalue weighted by molar-refractivity contribution is 0.0697. The van der Waals surface area contributed by atoms with Gasteiger partial charge >= 0.3 is 5.97 Å². The fourth-order valence-corrected chi connectivity index (χ4v) is 2.56. The van der Waals surface area contributed by atoms with Gasteiger partial charge in [-0.05, 0) is 12.1 Å². The van der Waals surface area contributed by atoms with Crippen molar-refractivity contribution < 1.29 is 15.0 Å². The summed E-state index contributed by atoms with van der Waals surface area (Å²) in [4.78, 5) is 22.8. The van der Waals surface area contributed by atoms with E-state index in [-0.39, 0.29) is 34.3 Å². The van der Waals surface area contributed by atoms with Crippen LogP contribution >= 0.6 is 23.2 Å². The first-order valence-corrected chi connectivity index (χ1v) is 6.08. The van der Waals surface area contributed by atoms with Crippen molar-refractivity contribution in [2.24, 2.45) is 0 Å². The van der Waals surface area contributed by atoms with Crippen LogP contribution < -0.4 is 5.56 Å². The molecule has 1 aromatic heterocycles. The van der Waals surface area contributed by atoms with Crippen LogP contribution in [0.1, 0.15) is 10.4 Å². The Balaban J connectivity index is 2.91. The van der Waals surface area contributed by atoms with E-state index >= 15 is 0 Å². The van der Waals surface area contributed by atoms with Gasteiger partial charge in [0.2, 0.25) is 0 Å². The molecule has 100 valence electrons. The second kappa shape index (κ2) is 5.21. The van der Waals surface area contributed by atoms with Gasteiger partial charge in [0.05, 0.1) is 27.7 Å². The number of pyridine rings is 1. The molecule has 0 saturated carbocycles. The van der Waals surface area contributed by atoms with Crippen molar-refractivity contribution in [1.29, 1.82) is 0 Å². The highest BCUT2D eigenvalue weighted by Crippen LogP contribution is 2.32. The fraction of sp³-hybridized carbons (Fsp3) is 0.167. The van der Waals surface area contributed by atoms with Crippen molar-refractivity contribution >= 4 is 40.1 Å². The number of aliphatic hydroxyl groups is 1. The second-order valence-corrected chi connectivity index (χ2v) is 4.62. The summed E-state index contributed by atoms with van der Waals surface area (Å²) >= 11 is 11.9. The smallest absolute Gasteiger partial charge is 0.338 e. The summed E-state index contributed by atoms with van der Waals surface area (Å²) in [6, 6.07) is 4.07. The highest BCUT2D eigenvalue weighted by molar-refractivity contribution is 6.42. The van der Waals surface area contributed by atoms with E-state index in [1.807, 2.05) is 0 Å². The maximum Gasteiger partial charge on any atom is 0.338 e. The minimum absolute atomic E-state index is 0.0262. The highest BCUT2D eigenvalue weighted by atomic mass is 35.5. The number of hydrogen-bond donors (Lipinski definition) is 2. The molecule has 19 heavy (non-hydrogen) atoms. The van der Waals surface area contributed by atoms with E-state index in [0.29, 0.717) is 10.9 Å². The van der Waals surface area contributed by atoms with Crippen LogP contribution in [0, 0.1) is 0 Å². The first-order valence-electron chi connectivity index (χ1n) is 5.33. The summed E-state index contributed by atoms with van der Waals surface area (Å²) in [6.45, 7) is -0.149. The maximum absolute atomic E-state index is 11.7. The monoisotopic (exact) mass is 301 g/mol. The van der Waals surface area contributed by atoms with Crippen molar-refractivity contribution in [2.75, 3.05) is 6.61 Å². The van der Waals surface area contributed by atoms with Crippen LogP contribution in [0.5, 0.6) is 0 Å². The number of carboxylic acid groups (broad SMARTS) is 1. The molecular formula is C12H9Cl2NO4. The average molecular weight is 302 g/mol. The van der Waals surface area contributed by atoms with E-state index < -0.39 is 5.97 Å². The van der Waals surface area contributed by atoms with Gasteiger partial charge in [0, 0.05) is 18.0 Å². The maximum atomic E-state index is 11.7. The zero-order valence-electron chi connectivity index (χ0n) is 9.56. The van der Waals surface area contributed by atoms with Gasteiger partial charge in [-0.3, -0.25) is 4.79 Å². The predicted octanol–water partition coefficient (Wildman–Crippen LogP) is 2.00. The largest absolute Gasteiger partial charge is 0.478 e. The van der Waals surface area contributed by atoms with Gasteiger partial charge in [-0.1, -0.05) is 23.2 Å². The number of benzene rings is 1. The lowest BCUT2D eigenvalue weighted by Crippen LogP contribution is -2.21. The zero-order valence-corrected chi connectivity index (χ0v) is 11.1. The summed E-state index contributed by atoms with van der Waals surface area (Å²) in [5.41, 5.74) is -0.136. The molecule has 0 aliphatic rings. The molecule has 0 fully saturated rings. The van der Waals surface area contributed by atoms with Crippen molar-refractivity contribution in [3.63, 3.8) is 0 Å². The molecule has 2 aromatic rings. The van der Waals surface area contributed by atoms with Crippen molar-refractivity contribution in [2.45, 2.75) is 6.54 Å². The van der Waals surface area contributed by atoms with Crippen molar-refractivity contribution in [3.8, 4) is 0 Å². The molecule has 0 spiro atoms. The molecule has 0 atom stereocenters. The Hall–Kier alpha value is -1.56. The molecule has 0 aliphatic heterocycles. The summed E-state index contributed by atoms with van der Waals surface area (Å²) in [6.07, 6.45) is 0. The molecule has 2 N–H and O–H groups in total. The van der Waals surface area contributed by atoms with Crippen LogP contribution in [0.25, 0.3) is 10.9 Å². The molecule has 7 heteroatoms. The number of carbonyl (C=O) groups is 1. The van der Waals surface area contributed by atoms with Crippen LogP contribution in [0.2, 0.25) is 10.0 Å². The Kier molecular flexibility index (Phi) is 3.80. The number of nitrogens with zero attached hydrogens (tertiary/aromatic N) is 1. The van der Waals surface area contributed by atoms with E-state index in [4.69, 9.17) is 33.4 Å². The van der Waals surface area contributed by atoms with E-state index in [2.05, 4.69) is 0 Å². The standard InChI is InChI=1S/C12H9Cl2NO4/c13-7-5-8-6(11(14)10(7)12(18)19)1-2-9(17)15(8)3-4-16/h1-2,5,16H,3-4H2,(H,18,19). The number of rotatable bonds is 3. The van der Waals surface area contributed by atoms with E-state index in [9.17, 15) is 9.59 Å². The summed E-state index contributed by atoms with van der Waals surface area (Å²) in [5.74, 6) is -1.24. The van der Waals surface area contributed by atoms with Crippen LogP contribution in [0.4, 0.5) is 0 Å². The van der Waals surface area contributed by atoms with Gasteiger partial charge in [-0.15, -0.1) is 0 Å². The van der Waals surface area contributed by atoms with Crippen LogP contribution in [-0.2, 0) is 6.54 Å². The fourth-order valence-electron chi connectivity index (χ4n) is 1.89. The topological polar surface area (TPSA) is 79.5 Å². The highest BCUT2D eigenvalue weighted by Gasteiger charge is 2.18. The van der Waals surface area contributed by atoms with Crippen LogP contribution in [0.3, 0.4) is 0 Å². The minimum atomic E-state index is -1.24. The molecule has 0 aliphatic carbocycles. The molecule has 0 radical (unpaired) electrons. The molecule has 0 amide bonds. The number of aromatic carboxylic acids is 1. The summed E-state index contributed by atoms with van der Waals surface area (Å²) in [7, 11) is 0. The quantitative estimate of drug-likeness (QED) is 0.909. The number of halogens is 2. The van der Waals surface area contributed by atoms with Gasteiger partial charge in [0.15, 0.2) is 0 Å². The average Bonchev–Trinajstić information content (AvgIpc) is 2.32. The summed E-state index contributed by atoms with van der Waals surface area (Å²) < 4.78 is 1.29. The van der Waals surface area contributed by atoms with E-state index in [0.717, 1.165) is 0 Å². The molecule has 1 aromatic carbocycles. The number of aromatic nitrogens is 1. The van der Waals surface area contributed by atoms with Gasteiger partial charge in [0.25, 0.3) is 5.56 Å². The summed E-state index contributed by atoms with van der Waals surface area (Å²) in [5, 5.41) is 18.3. The molecular weight excluding hydrogens is 293 g/mol. The van der Waals surface area contributed by atoms with Crippen LogP contribution in [0.15, 0.2) is 23.0 Å². The first-order chi connectivity index (χ1) is 8.97. The number of carboxylic acids is 1. The normalized spacial score (nSPS) is 10.9. The number of hydrogen-bond acceptors (Lipinski definition) is 3. The molecule has 2 rings (SSSR count). The SMILES string of the molecule is O=C(O)c1c(Cl)cc2c(ccc(=O)n2CCO)c1Cl. The Labute approximate surface area is 117 Å². The lowest BCUT2D eigenvalue weighted by Gasteiger charge is -2.12. The zero-order chi connectivity index (χ0) is 14.2. The Morgan fingerprint density at radius 1 is 1.32 bits per heavy atom. The van der Waals surface area contributed by atoms with E-state index in [1.54, 1.807) is 0 Å². The lowest BCUT2D eigenvalue weighted by atomic mass is 10.1. The third-order valence-corrected chi connectivity index (χ3v) is 3.41. The van der Waals surface area contributed by atoms with E-state index in [1.165, 1.54) is 22.8 Å². The second-order valence-electron chi connectivity index (χ2n) is 3.83. The number of fused-ring (bicyclic) bond motifs is 1. The Morgan fingerprint density at radius 2 is 2.00 bits per heavy atom. The van der Waals surface area contributed by atoms with Gasteiger partial charge in [-0.2, -0.15) is 0 Å². The minimum Gasteiger partial charge on any atom is -0.478 e. The molecule has 1 heterocycles. The molecule has 0 saturated heterocycles. The van der Waals surface area contributed by atoms with Crippen molar-refractivity contribution in [3.05, 3.63) is 44.2 Å². The molecule has 0 unspecified atom stereocenters. The van der Waals surface area contributed by atoms with Crippen molar-refractivity contribution in [1.82, 2.24) is 4.57 Å². The Morgan fingerprint density at radius 3 is 2.58 bits per heavy atom. The predicted molar refractivity (Wildman–Crippen MR) is 72.3 cm³/mol. The molecule has 5 nitrogen and oxygen atoms in total. The van der Waals surface area contributed by atoms with Gasteiger partial charge < -0.3 is 14.8 Å². The van der Waals surface area contributed by atoms with Gasteiger partial charge in [0.1, 0.15) is 0 Å². The number of aliphatic hydroxyl groups excluding tert-OH is 1. The Bertz CT molecular complexity index is 724. The van der Waals surface area contributed by atoms with Gasteiger partial charge in [-0.25, -0.2) is 4.79 Å². The third-order valence-electron chi connectivity index (χ3n) is 2.72. The third kappa shape index (κ3) is 2.32. The molecule has 0 bridgehead atoms. The first kappa shape index (κ1) is 13.9. The van der Waals surface area contributed by atoms with Crippen LogP contribution in [-0.4, -0.2) is 27.4 Å².